The lowest BCUT2D eigenvalue weighted by Gasteiger charge is -2.05. The lowest BCUT2D eigenvalue weighted by molar-refractivity contribution is 0.0599. The molecule has 0 unspecified atom stereocenters. The van der Waals surface area contributed by atoms with E-state index in [1.807, 2.05) is 0 Å². The number of carbonyl (C=O) groups is 1. The SMILES string of the molecule is COC(=O)c1c[nH]c2c(Br)ccc(Br)c2c1=O. The second-order valence-electron chi connectivity index (χ2n) is 3.30. The summed E-state index contributed by atoms with van der Waals surface area (Å²) >= 11 is 6.63. The van der Waals surface area contributed by atoms with Crippen LogP contribution in [0.25, 0.3) is 10.9 Å². The van der Waals surface area contributed by atoms with Crippen LogP contribution in [0.2, 0.25) is 0 Å². The number of halogens is 2. The number of ether oxygens (including phenoxy) is 1. The second kappa shape index (κ2) is 4.62. The van der Waals surface area contributed by atoms with Gasteiger partial charge in [-0.2, -0.15) is 0 Å². The Bertz CT molecular complexity index is 664. The molecule has 88 valence electrons. The molecule has 1 aromatic carbocycles. The fourth-order valence-corrected chi connectivity index (χ4v) is 2.48. The van der Waals surface area contributed by atoms with Gasteiger partial charge in [0.25, 0.3) is 0 Å². The van der Waals surface area contributed by atoms with Gasteiger partial charge in [0.05, 0.1) is 18.0 Å². The smallest absolute Gasteiger partial charge is 0.343 e. The van der Waals surface area contributed by atoms with Gasteiger partial charge in [-0.3, -0.25) is 4.79 Å². The number of rotatable bonds is 1. The lowest BCUT2D eigenvalue weighted by atomic mass is 10.1. The summed E-state index contributed by atoms with van der Waals surface area (Å²) < 4.78 is 5.93. The molecule has 0 bridgehead atoms. The highest BCUT2D eigenvalue weighted by molar-refractivity contribution is 9.11. The Labute approximate surface area is 113 Å². The minimum atomic E-state index is -0.653. The number of esters is 1. The fourth-order valence-electron chi connectivity index (χ4n) is 1.52. The minimum Gasteiger partial charge on any atom is -0.465 e. The summed E-state index contributed by atoms with van der Waals surface area (Å²) in [7, 11) is 1.24. The van der Waals surface area contributed by atoms with Gasteiger partial charge in [-0.15, -0.1) is 0 Å². The van der Waals surface area contributed by atoms with E-state index in [0.29, 0.717) is 15.4 Å². The van der Waals surface area contributed by atoms with Gasteiger partial charge in [0.1, 0.15) is 5.56 Å². The van der Waals surface area contributed by atoms with Gasteiger partial charge < -0.3 is 9.72 Å². The molecule has 0 fully saturated rings. The third kappa shape index (κ3) is 2.02. The highest BCUT2D eigenvalue weighted by Crippen LogP contribution is 2.26. The van der Waals surface area contributed by atoms with Crippen molar-refractivity contribution in [3.8, 4) is 0 Å². The van der Waals surface area contributed by atoms with Crippen molar-refractivity contribution in [3.63, 3.8) is 0 Å². The molecule has 0 amide bonds. The summed E-state index contributed by atoms with van der Waals surface area (Å²) in [6.45, 7) is 0. The summed E-state index contributed by atoms with van der Waals surface area (Å²) in [6.07, 6.45) is 1.35. The molecule has 0 spiro atoms. The minimum absolute atomic E-state index is 0.0150. The number of H-pyrrole nitrogens is 1. The van der Waals surface area contributed by atoms with Gasteiger partial charge >= 0.3 is 5.97 Å². The largest absolute Gasteiger partial charge is 0.465 e. The number of methoxy groups -OCH3 is 1. The van der Waals surface area contributed by atoms with E-state index in [1.165, 1.54) is 13.3 Å². The Morgan fingerprint density at radius 2 is 1.94 bits per heavy atom. The van der Waals surface area contributed by atoms with E-state index in [1.54, 1.807) is 12.1 Å². The molecule has 1 N–H and O–H groups in total. The summed E-state index contributed by atoms with van der Waals surface area (Å²) in [6, 6.07) is 3.54. The van der Waals surface area contributed by atoms with Crippen LogP contribution < -0.4 is 5.43 Å². The number of aromatic amines is 1. The first-order valence-corrected chi connectivity index (χ1v) is 6.22. The predicted octanol–water partition coefficient (Wildman–Crippen LogP) is 2.84. The van der Waals surface area contributed by atoms with Crippen LogP contribution in [0.15, 0.2) is 32.1 Å². The molecule has 6 heteroatoms. The van der Waals surface area contributed by atoms with Crippen LogP contribution >= 0.6 is 31.9 Å². The molecule has 0 atom stereocenters. The third-order valence-electron chi connectivity index (χ3n) is 2.34. The number of nitrogens with one attached hydrogen (secondary N) is 1. The van der Waals surface area contributed by atoms with Crippen LogP contribution in [0.4, 0.5) is 0 Å². The van der Waals surface area contributed by atoms with Crippen molar-refractivity contribution < 1.29 is 9.53 Å². The molecule has 2 aromatic rings. The molecule has 1 aromatic heterocycles. The highest BCUT2D eigenvalue weighted by Gasteiger charge is 2.15. The van der Waals surface area contributed by atoms with Crippen molar-refractivity contribution in [3.05, 3.63) is 43.1 Å². The summed E-state index contributed by atoms with van der Waals surface area (Å²) in [5.74, 6) is -0.653. The van der Waals surface area contributed by atoms with Crippen LogP contribution in [0, 0.1) is 0 Å². The monoisotopic (exact) mass is 359 g/mol. The maximum atomic E-state index is 12.1. The average molecular weight is 361 g/mol. The van der Waals surface area contributed by atoms with Gasteiger partial charge in [0.15, 0.2) is 0 Å². The van der Waals surface area contributed by atoms with Crippen molar-refractivity contribution in [2.75, 3.05) is 7.11 Å². The Morgan fingerprint density at radius 3 is 2.59 bits per heavy atom. The van der Waals surface area contributed by atoms with Gasteiger partial charge in [0, 0.05) is 15.1 Å². The quantitative estimate of drug-likeness (QED) is 0.795. The third-order valence-corrected chi connectivity index (χ3v) is 3.66. The number of benzene rings is 1. The molecule has 2 rings (SSSR count). The molecular formula is C11H7Br2NO3. The molecule has 0 saturated heterocycles. The average Bonchev–Trinajstić information content (AvgIpc) is 2.33. The van der Waals surface area contributed by atoms with Gasteiger partial charge in [-0.1, -0.05) is 0 Å². The zero-order chi connectivity index (χ0) is 12.6. The standard InChI is InChI=1S/C11H7Br2NO3/c1-17-11(16)5-4-14-9-7(13)3-2-6(12)8(9)10(5)15/h2-4H,1H3,(H,14,15). The predicted molar refractivity (Wildman–Crippen MR) is 71.3 cm³/mol. The summed E-state index contributed by atoms with van der Waals surface area (Å²) in [5.41, 5.74) is 0.259. The number of hydrogen-bond acceptors (Lipinski definition) is 3. The van der Waals surface area contributed by atoms with Crippen LogP contribution in [0.1, 0.15) is 10.4 Å². The molecular weight excluding hydrogens is 354 g/mol. The van der Waals surface area contributed by atoms with Crippen LogP contribution in [0.5, 0.6) is 0 Å². The Morgan fingerprint density at radius 1 is 1.29 bits per heavy atom. The highest BCUT2D eigenvalue weighted by atomic mass is 79.9. The van der Waals surface area contributed by atoms with Crippen LogP contribution in [-0.4, -0.2) is 18.1 Å². The van der Waals surface area contributed by atoms with Crippen molar-refractivity contribution in [1.82, 2.24) is 4.98 Å². The molecule has 4 nitrogen and oxygen atoms in total. The van der Waals surface area contributed by atoms with E-state index in [2.05, 4.69) is 41.6 Å². The first kappa shape index (κ1) is 12.3. The van der Waals surface area contributed by atoms with E-state index in [4.69, 9.17) is 0 Å². The Hall–Kier alpha value is -1.14. The topological polar surface area (TPSA) is 59.2 Å². The number of pyridine rings is 1. The van der Waals surface area contributed by atoms with Crippen LogP contribution in [0.3, 0.4) is 0 Å². The number of hydrogen-bond donors (Lipinski definition) is 1. The van der Waals surface area contributed by atoms with E-state index < -0.39 is 5.97 Å². The lowest BCUT2D eigenvalue weighted by Crippen LogP contribution is -2.17. The van der Waals surface area contributed by atoms with E-state index in [9.17, 15) is 9.59 Å². The first-order valence-electron chi connectivity index (χ1n) is 4.64. The molecule has 0 aliphatic carbocycles. The normalized spacial score (nSPS) is 10.5. The van der Waals surface area contributed by atoms with Gasteiger partial charge in [-0.05, 0) is 44.0 Å². The zero-order valence-electron chi connectivity index (χ0n) is 8.71. The van der Waals surface area contributed by atoms with Crippen molar-refractivity contribution in [1.29, 1.82) is 0 Å². The van der Waals surface area contributed by atoms with E-state index >= 15 is 0 Å². The van der Waals surface area contributed by atoms with Gasteiger partial charge in [0.2, 0.25) is 5.43 Å². The van der Waals surface area contributed by atoms with Crippen molar-refractivity contribution in [2.24, 2.45) is 0 Å². The fraction of sp³-hybridized carbons (Fsp3) is 0.0909. The van der Waals surface area contributed by atoms with Gasteiger partial charge in [-0.25, -0.2) is 4.79 Å². The molecule has 0 aliphatic rings. The molecule has 0 saturated carbocycles. The maximum Gasteiger partial charge on any atom is 0.343 e. The van der Waals surface area contributed by atoms with Crippen molar-refractivity contribution in [2.45, 2.75) is 0 Å². The van der Waals surface area contributed by atoms with E-state index in [0.717, 1.165) is 4.47 Å². The molecule has 17 heavy (non-hydrogen) atoms. The molecule has 0 aliphatic heterocycles. The molecule has 1 heterocycles. The number of carbonyl (C=O) groups excluding carboxylic acids is 1. The zero-order valence-corrected chi connectivity index (χ0v) is 11.9. The maximum absolute atomic E-state index is 12.1. The number of aromatic nitrogens is 1. The van der Waals surface area contributed by atoms with E-state index in [-0.39, 0.29) is 11.0 Å². The Kier molecular flexibility index (Phi) is 3.35. The first-order chi connectivity index (χ1) is 8.06. The van der Waals surface area contributed by atoms with Crippen molar-refractivity contribution >= 4 is 48.7 Å². The summed E-state index contributed by atoms with van der Waals surface area (Å²) in [5, 5.41) is 0.419. The summed E-state index contributed by atoms with van der Waals surface area (Å²) in [4.78, 5) is 26.4. The molecule has 0 radical (unpaired) electrons. The number of fused-ring (bicyclic) bond motifs is 1. The van der Waals surface area contributed by atoms with Crippen LogP contribution in [-0.2, 0) is 4.74 Å². The Balaban J connectivity index is 2.89. The second-order valence-corrected chi connectivity index (χ2v) is 5.01.